The highest BCUT2D eigenvalue weighted by Gasteiger charge is 2.27. The van der Waals surface area contributed by atoms with Gasteiger partial charge in [-0.15, -0.1) is 0 Å². The fourth-order valence-electron chi connectivity index (χ4n) is 2.93. The first-order valence-electron chi connectivity index (χ1n) is 6.92. The van der Waals surface area contributed by atoms with Crippen molar-refractivity contribution < 1.29 is 4.74 Å². The van der Waals surface area contributed by atoms with Gasteiger partial charge in [-0.3, -0.25) is 0 Å². The molecule has 0 bridgehead atoms. The molecule has 1 aliphatic carbocycles. The molecule has 0 spiro atoms. The second-order valence-corrected chi connectivity index (χ2v) is 5.05. The van der Waals surface area contributed by atoms with Crippen LogP contribution in [-0.4, -0.2) is 25.8 Å². The van der Waals surface area contributed by atoms with Crippen LogP contribution < -0.4 is 5.32 Å². The molecular weight excluding hydrogens is 198 g/mol. The van der Waals surface area contributed by atoms with Crippen LogP contribution in [0, 0.1) is 5.92 Å². The SMILES string of the molecule is CCCNC(C1=CCCC1)C1CCOCC1. The molecule has 1 aliphatic heterocycles. The van der Waals surface area contributed by atoms with E-state index in [0.29, 0.717) is 6.04 Å². The molecule has 0 radical (unpaired) electrons. The lowest BCUT2D eigenvalue weighted by molar-refractivity contribution is 0.0577. The summed E-state index contributed by atoms with van der Waals surface area (Å²) >= 11 is 0. The van der Waals surface area contributed by atoms with Gasteiger partial charge in [-0.25, -0.2) is 0 Å². The molecule has 0 saturated carbocycles. The monoisotopic (exact) mass is 223 g/mol. The van der Waals surface area contributed by atoms with Crippen molar-refractivity contribution in [3.05, 3.63) is 11.6 Å². The average molecular weight is 223 g/mol. The molecular formula is C14H25NO. The minimum atomic E-state index is 0.645. The number of hydrogen-bond donors (Lipinski definition) is 1. The zero-order chi connectivity index (χ0) is 11.2. The molecule has 0 aromatic rings. The van der Waals surface area contributed by atoms with E-state index in [2.05, 4.69) is 18.3 Å². The lowest BCUT2D eigenvalue weighted by atomic mass is 9.86. The van der Waals surface area contributed by atoms with Gasteiger partial charge in [0.15, 0.2) is 0 Å². The predicted molar refractivity (Wildman–Crippen MR) is 67.6 cm³/mol. The number of ether oxygens (including phenoxy) is 1. The second kappa shape index (κ2) is 6.41. The Labute approximate surface area is 99.4 Å². The van der Waals surface area contributed by atoms with Gasteiger partial charge in [-0.1, -0.05) is 18.6 Å². The molecule has 1 N–H and O–H groups in total. The van der Waals surface area contributed by atoms with E-state index in [4.69, 9.17) is 4.74 Å². The highest BCUT2D eigenvalue weighted by Crippen LogP contribution is 2.29. The van der Waals surface area contributed by atoms with Gasteiger partial charge in [0.25, 0.3) is 0 Å². The Balaban J connectivity index is 1.94. The zero-order valence-electron chi connectivity index (χ0n) is 10.5. The van der Waals surface area contributed by atoms with E-state index in [9.17, 15) is 0 Å². The summed E-state index contributed by atoms with van der Waals surface area (Å²) in [6, 6.07) is 0.645. The maximum absolute atomic E-state index is 5.47. The largest absolute Gasteiger partial charge is 0.381 e. The predicted octanol–water partition coefficient (Wildman–Crippen LogP) is 2.89. The van der Waals surface area contributed by atoms with Gasteiger partial charge in [0, 0.05) is 19.3 Å². The number of hydrogen-bond acceptors (Lipinski definition) is 2. The molecule has 2 heteroatoms. The Bertz CT molecular complexity index is 231. The van der Waals surface area contributed by atoms with Crippen LogP contribution in [0.15, 0.2) is 11.6 Å². The highest BCUT2D eigenvalue weighted by atomic mass is 16.5. The van der Waals surface area contributed by atoms with E-state index in [1.807, 2.05) is 0 Å². The molecule has 0 aromatic carbocycles. The van der Waals surface area contributed by atoms with Gasteiger partial charge in [0.2, 0.25) is 0 Å². The van der Waals surface area contributed by atoms with Gasteiger partial charge >= 0.3 is 0 Å². The first-order valence-corrected chi connectivity index (χ1v) is 6.92. The van der Waals surface area contributed by atoms with Crippen molar-refractivity contribution in [3.63, 3.8) is 0 Å². The minimum Gasteiger partial charge on any atom is -0.381 e. The van der Waals surface area contributed by atoms with Crippen LogP contribution in [0.5, 0.6) is 0 Å². The molecule has 1 atom stereocenters. The molecule has 2 aliphatic rings. The maximum atomic E-state index is 5.47. The first kappa shape index (κ1) is 12.1. The van der Waals surface area contributed by atoms with Crippen molar-refractivity contribution >= 4 is 0 Å². The summed E-state index contributed by atoms with van der Waals surface area (Å²) in [4.78, 5) is 0. The van der Waals surface area contributed by atoms with E-state index >= 15 is 0 Å². The summed E-state index contributed by atoms with van der Waals surface area (Å²) in [6.45, 7) is 5.32. The molecule has 1 fully saturated rings. The third-order valence-corrected chi connectivity index (χ3v) is 3.83. The van der Waals surface area contributed by atoms with E-state index in [1.165, 1.54) is 38.5 Å². The molecule has 1 saturated heterocycles. The van der Waals surface area contributed by atoms with Gasteiger partial charge in [-0.05, 0) is 51.0 Å². The van der Waals surface area contributed by atoms with Crippen molar-refractivity contribution in [2.24, 2.45) is 5.92 Å². The number of allylic oxidation sites excluding steroid dienone is 1. The second-order valence-electron chi connectivity index (χ2n) is 5.05. The molecule has 0 amide bonds. The van der Waals surface area contributed by atoms with Crippen molar-refractivity contribution in [2.45, 2.75) is 51.5 Å². The lowest BCUT2D eigenvalue weighted by Gasteiger charge is -2.32. The van der Waals surface area contributed by atoms with Crippen LogP contribution >= 0.6 is 0 Å². The topological polar surface area (TPSA) is 21.3 Å². The van der Waals surface area contributed by atoms with Crippen LogP contribution in [0.2, 0.25) is 0 Å². The van der Waals surface area contributed by atoms with Crippen molar-refractivity contribution in [2.75, 3.05) is 19.8 Å². The van der Waals surface area contributed by atoms with Crippen LogP contribution in [-0.2, 0) is 4.74 Å². The summed E-state index contributed by atoms with van der Waals surface area (Å²) in [6.07, 6.45) is 10.2. The molecule has 1 unspecified atom stereocenters. The lowest BCUT2D eigenvalue weighted by Crippen LogP contribution is -2.40. The smallest absolute Gasteiger partial charge is 0.0469 e. The van der Waals surface area contributed by atoms with Crippen LogP contribution in [0.25, 0.3) is 0 Å². The summed E-state index contributed by atoms with van der Waals surface area (Å²) in [5, 5.41) is 3.76. The maximum Gasteiger partial charge on any atom is 0.0469 e. The van der Waals surface area contributed by atoms with Crippen LogP contribution in [0.1, 0.15) is 45.4 Å². The van der Waals surface area contributed by atoms with Crippen molar-refractivity contribution in [3.8, 4) is 0 Å². The van der Waals surface area contributed by atoms with E-state index < -0.39 is 0 Å². The molecule has 0 aromatic heterocycles. The number of rotatable bonds is 5. The van der Waals surface area contributed by atoms with Gasteiger partial charge < -0.3 is 10.1 Å². The van der Waals surface area contributed by atoms with Crippen molar-refractivity contribution in [1.29, 1.82) is 0 Å². The van der Waals surface area contributed by atoms with Gasteiger partial charge in [-0.2, -0.15) is 0 Å². The Hall–Kier alpha value is -0.340. The zero-order valence-corrected chi connectivity index (χ0v) is 10.5. The molecule has 2 nitrogen and oxygen atoms in total. The summed E-state index contributed by atoms with van der Waals surface area (Å²) in [7, 11) is 0. The summed E-state index contributed by atoms with van der Waals surface area (Å²) in [5.74, 6) is 0.810. The quantitative estimate of drug-likeness (QED) is 0.724. The Morgan fingerprint density at radius 1 is 1.44 bits per heavy atom. The van der Waals surface area contributed by atoms with E-state index in [0.717, 1.165) is 25.7 Å². The molecule has 1 heterocycles. The number of nitrogens with one attached hydrogen (secondary N) is 1. The highest BCUT2D eigenvalue weighted by molar-refractivity contribution is 5.16. The van der Waals surface area contributed by atoms with E-state index in [1.54, 1.807) is 5.57 Å². The molecule has 16 heavy (non-hydrogen) atoms. The Morgan fingerprint density at radius 3 is 2.88 bits per heavy atom. The first-order chi connectivity index (χ1) is 7.92. The summed E-state index contributed by atoms with van der Waals surface area (Å²) < 4.78 is 5.47. The van der Waals surface area contributed by atoms with Crippen molar-refractivity contribution in [1.82, 2.24) is 5.32 Å². The minimum absolute atomic E-state index is 0.645. The van der Waals surface area contributed by atoms with E-state index in [-0.39, 0.29) is 0 Å². The fourth-order valence-corrected chi connectivity index (χ4v) is 2.93. The summed E-state index contributed by atoms with van der Waals surface area (Å²) in [5.41, 5.74) is 1.68. The van der Waals surface area contributed by atoms with Gasteiger partial charge in [0.1, 0.15) is 0 Å². The fraction of sp³-hybridized carbons (Fsp3) is 0.857. The average Bonchev–Trinajstić information content (AvgIpc) is 2.85. The Morgan fingerprint density at radius 2 is 2.25 bits per heavy atom. The third-order valence-electron chi connectivity index (χ3n) is 3.83. The van der Waals surface area contributed by atoms with Gasteiger partial charge in [0.05, 0.1) is 0 Å². The van der Waals surface area contributed by atoms with Crippen LogP contribution in [0.3, 0.4) is 0 Å². The third kappa shape index (κ3) is 3.08. The molecule has 2 rings (SSSR count). The molecule has 92 valence electrons. The standard InChI is InChI=1S/C14H25NO/c1-2-9-15-14(12-5-3-4-6-12)13-7-10-16-11-8-13/h5,13-15H,2-4,6-11H2,1H3. The van der Waals surface area contributed by atoms with Crippen LogP contribution in [0.4, 0.5) is 0 Å². The normalized spacial score (nSPS) is 24.4. The Kier molecular flexibility index (Phi) is 4.86.